The summed E-state index contributed by atoms with van der Waals surface area (Å²) in [6.07, 6.45) is 11.1. The summed E-state index contributed by atoms with van der Waals surface area (Å²) in [6.45, 7) is 0. The van der Waals surface area contributed by atoms with Crippen molar-refractivity contribution < 1.29 is 0 Å². The molecule has 0 amide bonds. The Bertz CT molecular complexity index is 322. The molecule has 0 radical (unpaired) electrons. The zero-order valence-corrected chi connectivity index (χ0v) is 9.45. The number of hydrazine groups is 1. The largest absolute Gasteiger partial charge is 0.308 e. The fourth-order valence-corrected chi connectivity index (χ4v) is 2.15. The number of nitrogens with zero attached hydrogens (tertiary/aromatic N) is 2. The Morgan fingerprint density at radius 2 is 2.12 bits per heavy atom. The van der Waals surface area contributed by atoms with Crippen LogP contribution in [0.3, 0.4) is 0 Å². The number of nitrogens with one attached hydrogen (secondary N) is 2. The molecule has 0 saturated heterocycles. The third-order valence-electron chi connectivity index (χ3n) is 3.04. The molecule has 1 aliphatic rings. The number of aromatic nitrogens is 2. The van der Waals surface area contributed by atoms with E-state index < -0.39 is 0 Å². The first-order valence-electron chi connectivity index (χ1n) is 5.93. The van der Waals surface area contributed by atoms with Gasteiger partial charge < -0.3 is 5.43 Å². The molecule has 0 aliphatic heterocycles. The number of H-pyrrole nitrogens is 1. The van der Waals surface area contributed by atoms with Gasteiger partial charge in [-0.25, -0.2) is 5.84 Å². The van der Waals surface area contributed by atoms with E-state index in [0.717, 1.165) is 11.4 Å². The lowest BCUT2D eigenvalue weighted by molar-refractivity contribution is 0.583. The van der Waals surface area contributed by atoms with Gasteiger partial charge in [-0.05, 0) is 12.8 Å². The Morgan fingerprint density at radius 1 is 1.38 bits per heavy atom. The van der Waals surface area contributed by atoms with E-state index in [1.807, 2.05) is 0 Å². The highest BCUT2D eigenvalue weighted by molar-refractivity contribution is 5.98. The first kappa shape index (κ1) is 11.1. The summed E-state index contributed by atoms with van der Waals surface area (Å²) < 4.78 is 0. The summed E-state index contributed by atoms with van der Waals surface area (Å²) in [5, 5.41) is 6.67. The van der Waals surface area contributed by atoms with Crippen LogP contribution in [0.4, 0.5) is 0 Å². The Labute approximate surface area is 95.5 Å². The Hall–Kier alpha value is -1.36. The van der Waals surface area contributed by atoms with Gasteiger partial charge in [0.25, 0.3) is 0 Å². The van der Waals surface area contributed by atoms with Gasteiger partial charge in [-0.1, -0.05) is 25.7 Å². The van der Waals surface area contributed by atoms with Gasteiger partial charge in [0, 0.05) is 6.20 Å². The van der Waals surface area contributed by atoms with Crippen molar-refractivity contribution in [2.24, 2.45) is 10.8 Å². The quantitative estimate of drug-likeness (QED) is 0.232. The molecule has 5 nitrogen and oxygen atoms in total. The van der Waals surface area contributed by atoms with Crippen LogP contribution in [0.15, 0.2) is 17.4 Å². The van der Waals surface area contributed by atoms with Crippen LogP contribution in [0.1, 0.15) is 44.1 Å². The van der Waals surface area contributed by atoms with Crippen LogP contribution in [0, 0.1) is 0 Å². The van der Waals surface area contributed by atoms with E-state index in [0.29, 0.717) is 6.04 Å². The Kier molecular flexibility index (Phi) is 3.93. The smallest absolute Gasteiger partial charge is 0.145 e. The van der Waals surface area contributed by atoms with E-state index in [2.05, 4.69) is 20.6 Å². The molecular formula is C11H19N5. The molecule has 16 heavy (non-hydrogen) atoms. The molecule has 1 saturated carbocycles. The molecule has 0 atom stereocenters. The van der Waals surface area contributed by atoms with Crippen molar-refractivity contribution >= 4 is 5.84 Å². The van der Waals surface area contributed by atoms with Gasteiger partial charge in [-0.3, -0.25) is 10.1 Å². The first-order chi connectivity index (χ1) is 7.90. The molecule has 5 heteroatoms. The van der Waals surface area contributed by atoms with Crippen LogP contribution in [-0.4, -0.2) is 22.1 Å². The maximum atomic E-state index is 5.50. The molecule has 88 valence electrons. The minimum atomic E-state index is 0.406. The minimum absolute atomic E-state index is 0.406. The van der Waals surface area contributed by atoms with Gasteiger partial charge >= 0.3 is 0 Å². The number of hydrogen-bond donors (Lipinski definition) is 3. The average Bonchev–Trinajstić information content (AvgIpc) is 2.71. The summed E-state index contributed by atoms with van der Waals surface area (Å²) in [5.74, 6) is 6.23. The lowest BCUT2D eigenvalue weighted by atomic mass is 10.1. The van der Waals surface area contributed by atoms with E-state index in [1.165, 1.54) is 38.5 Å². The third kappa shape index (κ3) is 2.82. The van der Waals surface area contributed by atoms with Crippen molar-refractivity contribution in [1.82, 2.24) is 15.6 Å². The van der Waals surface area contributed by atoms with E-state index >= 15 is 0 Å². The van der Waals surface area contributed by atoms with E-state index in [-0.39, 0.29) is 0 Å². The SMILES string of the molecule is NNC(=NC1CCCCCC1)c1cn[nH]c1. The van der Waals surface area contributed by atoms with Gasteiger partial charge in [0.05, 0.1) is 17.8 Å². The van der Waals surface area contributed by atoms with Gasteiger partial charge in [0.15, 0.2) is 0 Å². The molecule has 0 unspecified atom stereocenters. The molecule has 0 aromatic carbocycles. The minimum Gasteiger partial charge on any atom is -0.308 e. The molecule has 0 bridgehead atoms. The first-order valence-corrected chi connectivity index (χ1v) is 5.93. The molecule has 4 N–H and O–H groups in total. The summed E-state index contributed by atoms with van der Waals surface area (Å²) in [4.78, 5) is 4.68. The molecule has 1 aromatic heterocycles. The number of amidine groups is 1. The van der Waals surface area contributed by atoms with Gasteiger partial charge in [-0.2, -0.15) is 5.10 Å². The van der Waals surface area contributed by atoms with E-state index in [1.54, 1.807) is 12.4 Å². The van der Waals surface area contributed by atoms with Crippen molar-refractivity contribution in [2.75, 3.05) is 0 Å². The fourth-order valence-electron chi connectivity index (χ4n) is 2.15. The monoisotopic (exact) mass is 221 g/mol. The van der Waals surface area contributed by atoms with Crippen LogP contribution in [0.5, 0.6) is 0 Å². The van der Waals surface area contributed by atoms with Crippen LogP contribution in [0.25, 0.3) is 0 Å². The molecule has 1 heterocycles. The molecule has 1 aromatic rings. The zero-order valence-electron chi connectivity index (χ0n) is 9.45. The summed E-state index contributed by atoms with van der Waals surface area (Å²) in [6, 6.07) is 0.406. The van der Waals surface area contributed by atoms with Gasteiger partial charge in [-0.15, -0.1) is 0 Å². The third-order valence-corrected chi connectivity index (χ3v) is 3.04. The van der Waals surface area contributed by atoms with Crippen LogP contribution < -0.4 is 11.3 Å². The number of hydrogen-bond acceptors (Lipinski definition) is 3. The molecule has 1 fully saturated rings. The number of nitrogens with two attached hydrogens (primary N) is 1. The van der Waals surface area contributed by atoms with Crippen molar-refractivity contribution in [2.45, 2.75) is 44.6 Å². The zero-order chi connectivity index (χ0) is 11.2. The van der Waals surface area contributed by atoms with Crippen molar-refractivity contribution in [1.29, 1.82) is 0 Å². The normalized spacial score (nSPS) is 19.4. The number of rotatable bonds is 2. The van der Waals surface area contributed by atoms with Crippen LogP contribution in [0.2, 0.25) is 0 Å². The molecule has 2 rings (SSSR count). The van der Waals surface area contributed by atoms with Crippen LogP contribution in [-0.2, 0) is 0 Å². The van der Waals surface area contributed by atoms with Crippen LogP contribution >= 0.6 is 0 Å². The van der Waals surface area contributed by atoms with Gasteiger partial charge in [0.2, 0.25) is 0 Å². The standard InChI is InChI=1S/C11H19N5/c12-16-11(9-7-13-14-8-9)15-10-5-3-1-2-4-6-10/h7-8,10H,1-6,12H2,(H,13,14)(H,15,16). The van der Waals surface area contributed by atoms with Crippen molar-refractivity contribution in [3.63, 3.8) is 0 Å². The van der Waals surface area contributed by atoms with Crippen molar-refractivity contribution in [3.05, 3.63) is 18.0 Å². The van der Waals surface area contributed by atoms with Crippen molar-refractivity contribution in [3.8, 4) is 0 Å². The highest BCUT2D eigenvalue weighted by atomic mass is 15.3. The lowest BCUT2D eigenvalue weighted by Crippen LogP contribution is -2.32. The molecular weight excluding hydrogens is 202 g/mol. The fraction of sp³-hybridized carbons (Fsp3) is 0.636. The second kappa shape index (κ2) is 5.65. The Balaban J connectivity index is 2.07. The topological polar surface area (TPSA) is 79.1 Å². The Morgan fingerprint density at radius 3 is 2.69 bits per heavy atom. The lowest BCUT2D eigenvalue weighted by Gasteiger charge is -2.11. The maximum Gasteiger partial charge on any atom is 0.145 e. The second-order valence-corrected chi connectivity index (χ2v) is 4.25. The predicted molar refractivity (Wildman–Crippen MR) is 63.9 cm³/mol. The number of aliphatic imine (C=N–C) groups is 1. The van der Waals surface area contributed by atoms with E-state index in [9.17, 15) is 0 Å². The summed E-state index contributed by atoms with van der Waals surface area (Å²) in [5.41, 5.74) is 3.59. The second-order valence-electron chi connectivity index (χ2n) is 4.25. The molecule has 1 aliphatic carbocycles. The van der Waals surface area contributed by atoms with Gasteiger partial charge in [0.1, 0.15) is 5.84 Å². The number of aromatic amines is 1. The average molecular weight is 221 g/mol. The summed E-state index contributed by atoms with van der Waals surface area (Å²) in [7, 11) is 0. The summed E-state index contributed by atoms with van der Waals surface area (Å²) >= 11 is 0. The maximum absolute atomic E-state index is 5.50. The predicted octanol–water partition coefficient (Wildman–Crippen LogP) is 1.34. The highest BCUT2D eigenvalue weighted by Gasteiger charge is 2.12. The molecule has 0 spiro atoms. The van der Waals surface area contributed by atoms with E-state index in [4.69, 9.17) is 5.84 Å². The highest BCUT2D eigenvalue weighted by Crippen LogP contribution is 2.20.